The molecule has 0 aromatic carbocycles. The van der Waals surface area contributed by atoms with E-state index in [2.05, 4.69) is 18.7 Å². The Morgan fingerprint density at radius 1 is 1.39 bits per heavy atom. The number of carbonyl (C=O) groups is 1. The molecule has 0 aromatic rings. The summed E-state index contributed by atoms with van der Waals surface area (Å²) >= 11 is 0. The average molecular weight is 257 g/mol. The molecule has 1 saturated heterocycles. The van der Waals surface area contributed by atoms with Gasteiger partial charge in [-0.2, -0.15) is 0 Å². The van der Waals surface area contributed by atoms with Gasteiger partial charge >= 0.3 is 5.97 Å². The van der Waals surface area contributed by atoms with E-state index >= 15 is 0 Å². The monoisotopic (exact) mass is 257 g/mol. The van der Waals surface area contributed by atoms with Crippen molar-refractivity contribution in [2.45, 2.75) is 46.1 Å². The zero-order valence-electron chi connectivity index (χ0n) is 12.0. The maximum Gasteiger partial charge on any atom is 0.323 e. The molecule has 0 N–H and O–H groups in total. The molecule has 0 spiro atoms. The standard InChI is InChI=1S/C14H27NO3/c1-4-18-14(16)13-7-5-6-8-15(13)9-10-17-11-12(2)3/h12-13H,4-11H2,1-3H3. The third-order valence-corrected chi connectivity index (χ3v) is 3.15. The van der Waals surface area contributed by atoms with Gasteiger partial charge in [-0.1, -0.05) is 20.3 Å². The van der Waals surface area contributed by atoms with Crippen molar-refractivity contribution in [2.24, 2.45) is 5.92 Å². The van der Waals surface area contributed by atoms with Crippen molar-refractivity contribution >= 4 is 5.97 Å². The zero-order chi connectivity index (χ0) is 13.4. The highest BCUT2D eigenvalue weighted by atomic mass is 16.5. The summed E-state index contributed by atoms with van der Waals surface area (Å²) in [5.41, 5.74) is 0. The average Bonchev–Trinajstić information content (AvgIpc) is 2.35. The number of nitrogens with zero attached hydrogens (tertiary/aromatic N) is 1. The fourth-order valence-corrected chi connectivity index (χ4v) is 2.26. The van der Waals surface area contributed by atoms with Crippen LogP contribution in [0.2, 0.25) is 0 Å². The van der Waals surface area contributed by atoms with Crippen LogP contribution in [0.3, 0.4) is 0 Å². The SMILES string of the molecule is CCOC(=O)C1CCCCN1CCOCC(C)C. The Labute approximate surface area is 111 Å². The van der Waals surface area contributed by atoms with E-state index in [0.29, 0.717) is 19.1 Å². The Bertz CT molecular complexity index is 243. The second-order valence-electron chi connectivity index (χ2n) is 5.27. The van der Waals surface area contributed by atoms with E-state index in [-0.39, 0.29) is 12.0 Å². The highest BCUT2D eigenvalue weighted by Crippen LogP contribution is 2.17. The van der Waals surface area contributed by atoms with Crippen LogP contribution in [-0.4, -0.2) is 49.8 Å². The Morgan fingerprint density at radius 2 is 2.17 bits per heavy atom. The molecule has 1 fully saturated rings. The van der Waals surface area contributed by atoms with Crippen molar-refractivity contribution in [1.29, 1.82) is 0 Å². The molecule has 0 amide bonds. The van der Waals surface area contributed by atoms with Gasteiger partial charge in [0.15, 0.2) is 0 Å². The van der Waals surface area contributed by atoms with Crippen molar-refractivity contribution in [3.63, 3.8) is 0 Å². The van der Waals surface area contributed by atoms with Crippen molar-refractivity contribution in [3.05, 3.63) is 0 Å². The molecule has 1 rings (SSSR count). The van der Waals surface area contributed by atoms with Gasteiger partial charge in [0.25, 0.3) is 0 Å². The van der Waals surface area contributed by atoms with Gasteiger partial charge in [0.05, 0.1) is 13.2 Å². The number of carbonyl (C=O) groups excluding carboxylic acids is 1. The second-order valence-corrected chi connectivity index (χ2v) is 5.27. The molecule has 1 aliphatic heterocycles. The molecule has 106 valence electrons. The summed E-state index contributed by atoms with van der Waals surface area (Å²) in [5, 5.41) is 0. The normalized spacial score (nSPS) is 21.2. The van der Waals surface area contributed by atoms with Gasteiger partial charge in [0.1, 0.15) is 6.04 Å². The van der Waals surface area contributed by atoms with E-state index in [4.69, 9.17) is 9.47 Å². The minimum absolute atomic E-state index is 0.0543. The number of rotatable bonds is 7. The molecule has 0 saturated carbocycles. The largest absolute Gasteiger partial charge is 0.465 e. The van der Waals surface area contributed by atoms with E-state index in [1.54, 1.807) is 0 Å². The van der Waals surface area contributed by atoms with Crippen molar-refractivity contribution in [3.8, 4) is 0 Å². The minimum atomic E-state index is -0.0685. The lowest BCUT2D eigenvalue weighted by atomic mass is 10.0. The Morgan fingerprint density at radius 3 is 2.83 bits per heavy atom. The lowest BCUT2D eigenvalue weighted by Gasteiger charge is -2.33. The first-order valence-corrected chi connectivity index (χ1v) is 7.13. The van der Waals surface area contributed by atoms with Crippen LogP contribution in [0.5, 0.6) is 0 Å². The van der Waals surface area contributed by atoms with Gasteiger partial charge < -0.3 is 9.47 Å². The topological polar surface area (TPSA) is 38.8 Å². The Balaban J connectivity index is 2.32. The molecular weight excluding hydrogens is 230 g/mol. The summed E-state index contributed by atoms with van der Waals surface area (Å²) in [6.07, 6.45) is 3.20. The van der Waals surface area contributed by atoms with Crippen LogP contribution in [0.25, 0.3) is 0 Å². The van der Waals surface area contributed by atoms with Crippen LogP contribution >= 0.6 is 0 Å². The second kappa shape index (κ2) is 8.48. The first-order chi connectivity index (χ1) is 8.65. The number of piperidine rings is 1. The van der Waals surface area contributed by atoms with Gasteiger partial charge in [-0.3, -0.25) is 9.69 Å². The molecule has 4 heteroatoms. The molecule has 0 radical (unpaired) electrons. The van der Waals surface area contributed by atoms with E-state index in [1.165, 1.54) is 6.42 Å². The summed E-state index contributed by atoms with van der Waals surface area (Å²) < 4.78 is 10.7. The van der Waals surface area contributed by atoms with Gasteiger partial charge in [0.2, 0.25) is 0 Å². The molecule has 0 aromatic heterocycles. The predicted molar refractivity (Wildman–Crippen MR) is 71.5 cm³/mol. The van der Waals surface area contributed by atoms with E-state index in [0.717, 1.165) is 32.5 Å². The third kappa shape index (κ3) is 5.36. The summed E-state index contributed by atoms with van der Waals surface area (Å²) in [6.45, 7) is 9.91. The van der Waals surface area contributed by atoms with Gasteiger partial charge in [-0.05, 0) is 32.2 Å². The van der Waals surface area contributed by atoms with Crippen LogP contribution in [-0.2, 0) is 14.3 Å². The Hall–Kier alpha value is -0.610. The molecular formula is C14H27NO3. The highest BCUT2D eigenvalue weighted by Gasteiger charge is 2.29. The third-order valence-electron chi connectivity index (χ3n) is 3.15. The van der Waals surface area contributed by atoms with Crippen molar-refractivity contribution < 1.29 is 14.3 Å². The van der Waals surface area contributed by atoms with E-state index in [1.807, 2.05) is 6.92 Å². The molecule has 0 bridgehead atoms. The predicted octanol–water partition coefficient (Wildman–Crippen LogP) is 2.08. The van der Waals surface area contributed by atoms with Crippen molar-refractivity contribution in [1.82, 2.24) is 4.90 Å². The lowest BCUT2D eigenvalue weighted by Crippen LogP contribution is -2.46. The maximum absolute atomic E-state index is 11.8. The fraction of sp³-hybridized carbons (Fsp3) is 0.929. The fourth-order valence-electron chi connectivity index (χ4n) is 2.26. The van der Waals surface area contributed by atoms with Gasteiger partial charge in [-0.15, -0.1) is 0 Å². The van der Waals surface area contributed by atoms with Crippen LogP contribution in [0, 0.1) is 5.92 Å². The van der Waals surface area contributed by atoms with E-state index in [9.17, 15) is 4.79 Å². The molecule has 1 heterocycles. The molecule has 18 heavy (non-hydrogen) atoms. The minimum Gasteiger partial charge on any atom is -0.465 e. The molecule has 1 unspecified atom stereocenters. The number of hydrogen-bond donors (Lipinski definition) is 0. The molecule has 1 atom stereocenters. The maximum atomic E-state index is 11.8. The molecule has 0 aliphatic carbocycles. The van der Waals surface area contributed by atoms with Crippen LogP contribution in [0.4, 0.5) is 0 Å². The lowest BCUT2D eigenvalue weighted by molar-refractivity contribution is -0.151. The van der Waals surface area contributed by atoms with Crippen LogP contribution in [0.15, 0.2) is 0 Å². The van der Waals surface area contributed by atoms with E-state index < -0.39 is 0 Å². The van der Waals surface area contributed by atoms with Gasteiger partial charge in [0, 0.05) is 13.2 Å². The summed E-state index contributed by atoms with van der Waals surface area (Å²) in [7, 11) is 0. The van der Waals surface area contributed by atoms with Crippen LogP contribution in [0.1, 0.15) is 40.0 Å². The number of likely N-dealkylation sites (tertiary alicyclic amines) is 1. The smallest absolute Gasteiger partial charge is 0.323 e. The van der Waals surface area contributed by atoms with Crippen molar-refractivity contribution in [2.75, 3.05) is 32.9 Å². The molecule has 1 aliphatic rings. The number of ether oxygens (including phenoxy) is 2. The quantitative estimate of drug-likeness (QED) is 0.517. The number of hydrogen-bond acceptors (Lipinski definition) is 4. The Kier molecular flexibility index (Phi) is 7.28. The highest BCUT2D eigenvalue weighted by molar-refractivity contribution is 5.75. The number of esters is 1. The zero-order valence-corrected chi connectivity index (χ0v) is 12.0. The van der Waals surface area contributed by atoms with Crippen LogP contribution < -0.4 is 0 Å². The molecule has 4 nitrogen and oxygen atoms in total. The summed E-state index contributed by atoms with van der Waals surface area (Å²) in [6, 6.07) is -0.0543. The first kappa shape index (κ1) is 15.4. The summed E-state index contributed by atoms with van der Waals surface area (Å²) in [4.78, 5) is 14.1. The first-order valence-electron chi connectivity index (χ1n) is 7.13. The summed E-state index contributed by atoms with van der Waals surface area (Å²) in [5.74, 6) is 0.494. The van der Waals surface area contributed by atoms with Gasteiger partial charge in [-0.25, -0.2) is 0 Å².